The third kappa shape index (κ3) is 5.63. The van der Waals surface area contributed by atoms with Gasteiger partial charge in [-0.15, -0.1) is 0 Å². The standard InChI is InChI=1S/C22H17ClO3S2.C13H6Cl2O3S/c1-13(2)14-7-3-5-9-17(14)27-18-12-11-16-21(24)15-8-4-6-10-19(15)28(25,26)22(16)20(18)23;14-9-6-5-8-12(16)7-3-1-2-4-10(7)19(17,18)13(8)11(9)15/h3-13H,1-2H3;1-6H. The molecule has 2 aliphatic rings. The number of benzene rings is 5. The van der Waals surface area contributed by atoms with Gasteiger partial charge in [-0.2, -0.15) is 0 Å². The Balaban J connectivity index is 0.000000177. The molecule has 0 aromatic heterocycles. The van der Waals surface area contributed by atoms with Crippen LogP contribution >= 0.6 is 46.6 Å². The van der Waals surface area contributed by atoms with Crippen LogP contribution in [0.4, 0.5) is 0 Å². The largest absolute Gasteiger partial charge is 0.289 e. The summed E-state index contributed by atoms with van der Waals surface area (Å²) in [5.74, 6) is -0.363. The van der Waals surface area contributed by atoms with E-state index in [-0.39, 0.29) is 68.5 Å². The third-order valence-electron chi connectivity index (χ3n) is 7.74. The Hall–Kier alpha value is -3.44. The lowest BCUT2D eigenvalue weighted by Gasteiger charge is -2.21. The number of ketones is 2. The third-order valence-corrected chi connectivity index (χ3v) is 14.2. The number of halogens is 3. The Labute approximate surface area is 291 Å². The summed E-state index contributed by atoms with van der Waals surface area (Å²) in [7, 11) is -7.70. The molecule has 0 aliphatic carbocycles. The molecule has 5 aromatic carbocycles. The molecule has 6 nitrogen and oxygen atoms in total. The molecular weight excluding hydrogens is 719 g/mol. The minimum atomic E-state index is -3.87. The van der Waals surface area contributed by atoms with Crippen LogP contribution in [0.5, 0.6) is 0 Å². The highest BCUT2D eigenvalue weighted by molar-refractivity contribution is 7.99. The van der Waals surface area contributed by atoms with Crippen molar-refractivity contribution in [3.05, 3.63) is 140 Å². The highest BCUT2D eigenvalue weighted by atomic mass is 35.5. The van der Waals surface area contributed by atoms with Crippen molar-refractivity contribution in [3.8, 4) is 0 Å². The summed E-state index contributed by atoms with van der Waals surface area (Å²) in [6.45, 7) is 4.21. The van der Waals surface area contributed by atoms with E-state index in [2.05, 4.69) is 19.9 Å². The molecule has 0 spiro atoms. The van der Waals surface area contributed by atoms with E-state index in [1.165, 1.54) is 48.2 Å². The van der Waals surface area contributed by atoms with Crippen LogP contribution in [0.25, 0.3) is 0 Å². The maximum atomic E-state index is 13.2. The first-order valence-corrected chi connectivity index (χ1v) is 19.0. The molecule has 47 heavy (non-hydrogen) atoms. The molecule has 0 fully saturated rings. The van der Waals surface area contributed by atoms with Crippen LogP contribution in [-0.2, 0) is 19.7 Å². The van der Waals surface area contributed by atoms with Crippen LogP contribution in [0.3, 0.4) is 0 Å². The lowest BCUT2D eigenvalue weighted by Crippen LogP contribution is -2.20. The first kappa shape index (κ1) is 33.5. The van der Waals surface area contributed by atoms with Crippen LogP contribution in [0, 0.1) is 0 Å². The highest BCUT2D eigenvalue weighted by Crippen LogP contribution is 2.45. The molecule has 7 rings (SSSR count). The second-order valence-corrected chi connectivity index (χ2v) is 16.9. The molecular formula is C35H23Cl3O6S3. The van der Waals surface area contributed by atoms with Gasteiger partial charge in [0.1, 0.15) is 9.79 Å². The van der Waals surface area contributed by atoms with Crippen molar-refractivity contribution < 1.29 is 26.4 Å². The first-order valence-electron chi connectivity index (χ1n) is 14.1. The molecule has 2 heterocycles. The van der Waals surface area contributed by atoms with Gasteiger partial charge < -0.3 is 0 Å². The van der Waals surface area contributed by atoms with Crippen molar-refractivity contribution in [2.45, 2.75) is 49.1 Å². The van der Waals surface area contributed by atoms with Gasteiger partial charge >= 0.3 is 0 Å². The van der Waals surface area contributed by atoms with Gasteiger partial charge in [-0.25, -0.2) is 16.8 Å². The molecule has 5 aromatic rings. The van der Waals surface area contributed by atoms with E-state index in [0.29, 0.717) is 10.8 Å². The lowest BCUT2D eigenvalue weighted by atomic mass is 10.0. The first-order chi connectivity index (χ1) is 22.3. The van der Waals surface area contributed by atoms with Gasteiger partial charge in [-0.05, 0) is 66.1 Å². The second-order valence-electron chi connectivity index (χ2n) is 10.9. The van der Waals surface area contributed by atoms with Crippen molar-refractivity contribution in [2.24, 2.45) is 0 Å². The van der Waals surface area contributed by atoms with Crippen molar-refractivity contribution in [3.63, 3.8) is 0 Å². The van der Waals surface area contributed by atoms with Crippen molar-refractivity contribution >= 4 is 77.8 Å². The minimum Gasteiger partial charge on any atom is -0.289 e. The lowest BCUT2D eigenvalue weighted by molar-refractivity contribution is 0.102. The maximum absolute atomic E-state index is 13.2. The molecule has 0 unspecified atom stereocenters. The number of carbonyl (C=O) groups excluding carboxylic acids is 2. The molecule has 0 bridgehead atoms. The average molecular weight is 742 g/mol. The fourth-order valence-corrected chi connectivity index (χ4v) is 11.4. The van der Waals surface area contributed by atoms with Crippen molar-refractivity contribution in [1.29, 1.82) is 0 Å². The van der Waals surface area contributed by atoms with Gasteiger partial charge in [0.05, 0.1) is 24.9 Å². The summed E-state index contributed by atoms with van der Waals surface area (Å²) in [4.78, 5) is 26.4. The quantitative estimate of drug-likeness (QED) is 0.178. The second kappa shape index (κ2) is 12.5. The van der Waals surface area contributed by atoms with Crippen LogP contribution in [0.15, 0.2) is 126 Å². The van der Waals surface area contributed by atoms with E-state index in [1.807, 2.05) is 18.2 Å². The summed E-state index contributed by atoms with van der Waals surface area (Å²) in [6, 6.07) is 26.4. The molecule has 0 amide bonds. The molecule has 0 atom stereocenters. The normalized spacial score (nSPS) is 15.1. The number of fused-ring (bicyclic) bond motifs is 4. The Morgan fingerprint density at radius 3 is 1.55 bits per heavy atom. The summed E-state index contributed by atoms with van der Waals surface area (Å²) < 4.78 is 51.4. The maximum Gasteiger partial charge on any atom is 0.209 e. The molecule has 0 N–H and O–H groups in total. The summed E-state index contributed by atoms with van der Waals surface area (Å²) in [5.41, 5.74) is 1.70. The van der Waals surface area contributed by atoms with Gasteiger partial charge in [0.15, 0.2) is 11.6 Å². The molecule has 0 radical (unpaired) electrons. The average Bonchev–Trinajstić information content (AvgIpc) is 3.05. The van der Waals surface area contributed by atoms with Gasteiger partial charge in [0.25, 0.3) is 0 Å². The predicted octanol–water partition coefficient (Wildman–Crippen LogP) is 9.36. The van der Waals surface area contributed by atoms with E-state index < -0.39 is 19.7 Å². The molecule has 0 saturated heterocycles. The number of hydrogen-bond donors (Lipinski definition) is 0. The highest BCUT2D eigenvalue weighted by Gasteiger charge is 2.38. The van der Waals surface area contributed by atoms with Gasteiger partial charge in [-0.1, -0.05) is 103 Å². The zero-order chi connectivity index (χ0) is 33.8. The Morgan fingerprint density at radius 1 is 0.532 bits per heavy atom. The fourth-order valence-electron chi connectivity index (χ4n) is 5.49. The van der Waals surface area contributed by atoms with Crippen LogP contribution in [-0.4, -0.2) is 28.4 Å². The van der Waals surface area contributed by atoms with Crippen molar-refractivity contribution in [2.75, 3.05) is 0 Å². The SMILES string of the molecule is CC(C)c1ccccc1Sc1ccc2c(c1Cl)S(=O)(=O)c1ccccc1C2=O.O=C1c2ccccc2S(=O)(=O)c2c1ccc(Cl)c2Cl. The molecule has 238 valence electrons. The van der Waals surface area contributed by atoms with Gasteiger partial charge in [0, 0.05) is 32.0 Å². The van der Waals surface area contributed by atoms with E-state index in [4.69, 9.17) is 34.8 Å². The van der Waals surface area contributed by atoms with E-state index >= 15 is 0 Å². The number of sulfone groups is 2. The Kier molecular flexibility index (Phi) is 8.93. The molecule has 12 heteroatoms. The Bertz CT molecular complexity index is 2370. The summed E-state index contributed by atoms with van der Waals surface area (Å²) in [5, 5.41) is 0.0992. The van der Waals surface area contributed by atoms with Gasteiger partial charge in [-0.3, -0.25) is 9.59 Å². The predicted molar refractivity (Wildman–Crippen MR) is 183 cm³/mol. The monoisotopic (exact) mass is 740 g/mol. The number of hydrogen-bond acceptors (Lipinski definition) is 7. The topological polar surface area (TPSA) is 102 Å². The zero-order valence-corrected chi connectivity index (χ0v) is 29.3. The zero-order valence-electron chi connectivity index (χ0n) is 24.6. The van der Waals surface area contributed by atoms with Crippen LogP contribution in [0.2, 0.25) is 15.1 Å². The summed E-state index contributed by atoms with van der Waals surface area (Å²) in [6.07, 6.45) is 0. The molecule has 0 saturated carbocycles. The smallest absolute Gasteiger partial charge is 0.209 e. The van der Waals surface area contributed by atoms with E-state index in [0.717, 1.165) is 10.5 Å². The van der Waals surface area contributed by atoms with Gasteiger partial charge in [0.2, 0.25) is 19.7 Å². The van der Waals surface area contributed by atoms with E-state index in [9.17, 15) is 26.4 Å². The van der Waals surface area contributed by atoms with E-state index in [1.54, 1.807) is 36.4 Å². The Morgan fingerprint density at radius 2 is 1.00 bits per heavy atom. The van der Waals surface area contributed by atoms with Crippen LogP contribution < -0.4 is 0 Å². The minimum absolute atomic E-state index is 0.0131. The molecule has 2 aliphatic heterocycles. The number of rotatable bonds is 3. The fraction of sp³-hybridized carbons (Fsp3) is 0.0857. The van der Waals surface area contributed by atoms with Crippen LogP contribution in [0.1, 0.15) is 57.2 Å². The number of carbonyl (C=O) groups is 2. The summed E-state index contributed by atoms with van der Waals surface area (Å²) >= 11 is 19.8. The van der Waals surface area contributed by atoms with Crippen molar-refractivity contribution in [1.82, 2.24) is 0 Å².